The Morgan fingerprint density at radius 3 is 2.35 bits per heavy atom. The molecule has 0 atom stereocenters. The van der Waals surface area contributed by atoms with Crippen molar-refractivity contribution in [3.8, 4) is 11.5 Å². The van der Waals surface area contributed by atoms with E-state index in [9.17, 15) is 0 Å². The lowest BCUT2D eigenvalue weighted by Crippen LogP contribution is -2.09. The summed E-state index contributed by atoms with van der Waals surface area (Å²) in [5.74, 6) is 1.73. The van der Waals surface area contributed by atoms with Crippen LogP contribution < -0.4 is 15.2 Å². The molecule has 0 radical (unpaired) electrons. The van der Waals surface area contributed by atoms with Crippen LogP contribution in [0.15, 0.2) is 6.07 Å². The fraction of sp³-hybridized carbons (Fsp3) is 0.538. The standard InChI is InChI=1S/C13H20ClNO2/c1-8(2)12-9(5-6-15)10(14)7-11(16-3)13(12)17-4/h7-8H,5-6,15H2,1-4H3. The summed E-state index contributed by atoms with van der Waals surface area (Å²) < 4.78 is 10.7. The third kappa shape index (κ3) is 2.85. The molecule has 0 saturated heterocycles. The van der Waals surface area contributed by atoms with E-state index in [4.69, 9.17) is 26.8 Å². The maximum Gasteiger partial charge on any atom is 0.164 e. The van der Waals surface area contributed by atoms with Crippen LogP contribution in [0.3, 0.4) is 0 Å². The predicted octanol–water partition coefficient (Wildman–Crippen LogP) is 2.98. The molecule has 2 N–H and O–H groups in total. The van der Waals surface area contributed by atoms with Gasteiger partial charge in [-0.25, -0.2) is 0 Å². The van der Waals surface area contributed by atoms with Crippen molar-refractivity contribution in [2.24, 2.45) is 5.73 Å². The molecule has 1 aromatic rings. The SMILES string of the molecule is COc1cc(Cl)c(CCN)c(C(C)C)c1OC. The van der Waals surface area contributed by atoms with Crippen LogP contribution in [0.4, 0.5) is 0 Å². The van der Waals surface area contributed by atoms with Gasteiger partial charge >= 0.3 is 0 Å². The monoisotopic (exact) mass is 257 g/mol. The summed E-state index contributed by atoms with van der Waals surface area (Å²) >= 11 is 6.27. The van der Waals surface area contributed by atoms with E-state index in [2.05, 4.69) is 13.8 Å². The molecule has 0 amide bonds. The molecule has 1 rings (SSSR count). The Morgan fingerprint density at radius 1 is 1.29 bits per heavy atom. The van der Waals surface area contributed by atoms with Gasteiger partial charge in [0.2, 0.25) is 0 Å². The second-order valence-electron chi connectivity index (χ2n) is 4.18. The first-order chi connectivity index (χ1) is 8.06. The van der Waals surface area contributed by atoms with Crippen LogP contribution in [0.1, 0.15) is 30.9 Å². The number of rotatable bonds is 5. The summed E-state index contributed by atoms with van der Waals surface area (Å²) in [7, 11) is 3.25. The van der Waals surface area contributed by atoms with E-state index in [-0.39, 0.29) is 0 Å². The van der Waals surface area contributed by atoms with Gasteiger partial charge in [-0.1, -0.05) is 25.4 Å². The van der Waals surface area contributed by atoms with Gasteiger partial charge in [0.25, 0.3) is 0 Å². The van der Waals surface area contributed by atoms with Gasteiger partial charge in [0.05, 0.1) is 14.2 Å². The molecule has 3 nitrogen and oxygen atoms in total. The molecule has 0 saturated carbocycles. The van der Waals surface area contributed by atoms with E-state index in [0.29, 0.717) is 23.2 Å². The normalized spacial score (nSPS) is 10.8. The highest BCUT2D eigenvalue weighted by Crippen LogP contribution is 2.41. The summed E-state index contributed by atoms with van der Waals surface area (Å²) in [4.78, 5) is 0. The smallest absolute Gasteiger partial charge is 0.164 e. The summed E-state index contributed by atoms with van der Waals surface area (Å²) in [6, 6.07) is 1.79. The lowest BCUT2D eigenvalue weighted by Gasteiger charge is -2.20. The zero-order valence-electron chi connectivity index (χ0n) is 10.8. The molecule has 0 aliphatic rings. The van der Waals surface area contributed by atoms with E-state index in [1.807, 2.05) is 0 Å². The third-order valence-corrected chi connectivity index (χ3v) is 3.07. The molecule has 1 aromatic carbocycles. The highest BCUT2D eigenvalue weighted by molar-refractivity contribution is 6.31. The maximum atomic E-state index is 6.27. The molecule has 4 heteroatoms. The lowest BCUT2D eigenvalue weighted by atomic mass is 9.93. The van der Waals surface area contributed by atoms with Crippen molar-refractivity contribution in [2.75, 3.05) is 20.8 Å². The van der Waals surface area contributed by atoms with Crippen LogP contribution in [0.2, 0.25) is 5.02 Å². The minimum absolute atomic E-state index is 0.305. The fourth-order valence-electron chi connectivity index (χ4n) is 2.04. The summed E-state index contributed by atoms with van der Waals surface area (Å²) in [5, 5.41) is 0.691. The molecule has 0 heterocycles. The van der Waals surface area contributed by atoms with Crippen molar-refractivity contribution >= 4 is 11.6 Å². The number of methoxy groups -OCH3 is 2. The molecule has 0 aliphatic carbocycles. The van der Waals surface area contributed by atoms with Crippen LogP contribution in [0.25, 0.3) is 0 Å². The van der Waals surface area contributed by atoms with Gasteiger partial charge in [-0.3, -0.25) is 0 Å². The molecular weight excluding hydrogens is 238 g/mol. The molecule has 0 aromatic heterocycles. The molecule has 96 valence electrons. The number of halogens is 1. The van der Waals surface area contributed by atoms with E-state index in [1.165, 1.54) is 0 Å². The largest absolute Gasteiger partial charge is 0.493 e. The average Bonchev–Trinajstić information content (AvgIpc) is 2.30. The summed E-state index contributed by atoms with van der Waals surface area (Å²) in [5.41, 5.74) is 7.77. The first-order valence-corrected chi connectivity index (χ1v) is 6.07. The van der Waals surface area contributed by atoms with Gasteiger partial charge in [0.15, 0.2) is 11.5 Å². The highest BCUT2D eigenvalue weighted by atomic mass is 35.5. The van der Waals surface area contributed by atoms with Gasteiger partial charge in [0, 0.05) is 16.7 Å². The van der Waals surface area contributed by atoms with Gasteiger partial charge < -0.3 is 15.2 Å². The Bertz CT molecular complexity index is 391. The Balaban J connectivity index is 3.48. The lowest BCUT2D eigenvalue weighted by molar-refractivity contribution is 0.350. The number of nitrogens with two attached hydrogens (primary N) is 1. The van der Waals surface area contributed by atoms with E-state index in [1.54, 1.807) is 20.3 Å². The molecule has 17 heavy (non-hydrogen) atoms. The van der Waals surface area contributed by atoms with Crippen LogP contribution >= 0.6 is 11.6 Å². The Kier molecular flexibility index (Phi) is 5.09. The van der Waals surface area contributed by atoms with E-state index < -0.39 is 0 Å². The first kappa shape index (κ1) is 14.1. The number of hydrogen-bond donors (Lipinski definition) is 1. The van der Waals surface area contributed by atoms with Crippen LogP contribution in [-0.2, 0) is 6.42 Å². The van der Waals surface area contributed by atoms with Gasteiger partial charge in [-0.05, 0) is 24.4 Å². The summed E-state index contributed by atoms with van der Waals surface area (Å²) in [6.07, 6.45) is 0.743. The molecule has 0 spiro atoms. The predicted molar refractivity (Wildman–Crippen MR) is 71.4 cm³/mol. The fourth-order valence-corrected chi connectivity index (χ4v) is 2.33. The number of hydrogen-bond acceptors (Lipinski definition) is 3. The van der Waals surface area contributed by atoms with Crippen LogP contribution in [0.5, 0.6) is 11.5 Å². The highest BCUT2D eigenvalue weighted by Gasteiger charge is 2.20. The van der Waals surface area contributed by atoms with Crippen molar-refractivity contribution in [2.45, 2.75) is 26.2 Å². The van der Waals surface area contributed by atoms with E-state index in [0.717, 1.165) is 23.3 Å². The van der Waals surface area contributed by atoms with Crippen LogP contribution in [0, 0.1) is 0 Å². The Morgan fingerprint density at radius 2 is 1.94 bits per heavy atom. The van der Waals surface area contributed by atoms with Crippen molar-refractivity contribution < 1.29 is 9.47 Å². The van der Waals surface area contributed by atoms with Gasteiger partial charge in [-0.15, -0.1) is 0 Å². The number of ether oxygens (including phenoxy) is 2. The minimum Gasteiger partial charge on any atom is -0.493 e. The van der Waals surface area contributed by atoms with Crippen molar-refractivity contribution in [3.05, 3.63) is 22.2 Å². The zero-order valence-corrected chi connectivity index (χ0v) is 11.6. The molecule has 0 unspecified atom stereocenters. The quantitative estimate of drug-likeness (QED) is 0.882. The zero-order chi connectivity index (χ0) is 13.0. The Hall–Kier alpha value is -0.930. The van der Waals surface area contributed by atoms with Crippen molar-refractivity contribution in [3.63, 3.8) is 0 Å². The third-order valence-electron chi connectivity index (χ3n) is 2.74. The minimum atomic E-state index is 0.305. The Labute approximate surface area is 108 Å². The second kappa shape index (κ2) is 6.12. The molecule has 0 bridgehead atoms. The van der Waals surface area contributed by atoms with Crippen LogP contribution in [-0.4, -0.2) is 20.8 Å². The first-order valence-electron chi connectivity index (χ1n) is 5.70. The van der Waals surface area contributed by atoms with Gasteiger partial charge in [-0.2, -0.15) is 0 Å². The van der Waals surface area contributed by atoms with Crippen molar-refractivity contribution in [1.29, 1.82) is 0 Å². The maximum absolute atomic E-state index is 6.27. The topological polar surface area (TPSA) is 44.5 Å². The van der Waals surface area contributed by atoms with E-state index >= 15 is 0 Å². The van der Waals surface area contributed by atoms with Crippen molar-refractivity contribution in [1.82, 2.24) is 0 Å². The summed E-state index contributed by atoms with van der Waals surface area (Å²) in [6.45, 7) is 4.77. The van der Waals surface area contributed by atoms with Gasteiger partial charge in [0.1, 0.15) is 0 Å². The molecular formula is C13H20ClNO2. The average molecular weight is 258 g/mol. The molecule has 0 aliphatic heterocycles. The number of benzene rings is 1. The molecule has 0 fully saturated rings. The second-order valence-corrected chi connectivity index (χ2v) is 4.59.